The van der Waals surface area contributed by atoms with Crippen LogP contribution < -0.4 is 4.72 Å². The fourth-order valence-corrected chi connectivity index (χ4v) is 4.18. The van der Waals surface area contributed by atoms with Gasteiger partial charge in [0, 0.05) is 6.42 Å². The molecule has 1 aliphatic rings. The molecular formula is C21H21NO3S. The molecule has 0 bridgehead atoms. The van der Waals surface area contributed by atoms with Crippen molar-refractivity contribution in [2.45, 2.75) is 30.7 Å². The molecule has 0 spiro atoms. The van der Waals surface area contributed by atoms with Crippen molar-refractivity contribution in [1.29, 1.82) is 0 Å². The Kier molecular flexibility index (Phi) is 5.20. The van der Waals surface area contributed by atoms with Crippen LogP contribution in [0.1, 0.15) is 30.0 Å². The van der Waals surface area contributed by atoms with Gasteiger partial charge in [0.2, 0.25) is 10.0 Å². The lowest BCUT2D eigenvalue weighted by Gasteiger charge is -2.22. The van der Waals surface area contributed by atoms with Crippen LogP contribution in [0.15, 0.2) is 83.3 Å². The van der Waals surface area contributed by atoms with E-state index in [9.17, 15) is 13.2 Å². The number of carbonyl (C=O) groups is 1. The van der Waals surface area contributed by atoms with Gasteiger partial charge in [-0.1, -0.05) is 54.6 Å². The smallest absolute Gasteiger partial charge is 0.241 e. The number of allylic oxidation sites excluding steroid dienone is 1. The second-order valence-electron chi connectivity index (χ2n) is 6.44. The standard InChI is InChI=1S/C21H21NO3S/c1-15-8-12-20(13-9-15)26(24,25)22-21(17-6-4-3-5-7-17)16(2)18-10-11-19(23)14-18/h3-9,12-14,21-22H,2,10-11H2,1H3. The third-order valence-corrected chi connectivity index (χ3v) is 5.91. The Hall–Kier alpha value is -2.50. The Balaban J connectivity index is 1.96. The molecule has 5 heteroatoms. The predicted molar refractivity (Wildman–Crippen MR) is 102 cm³/mol. The minimum absolute atomic E-state index is 0.0503. The molecule has 0 saturated carbocycles. The molecule has 1 aliphatic carbocycles. The highest BCUT2D eigenvalue weighted by atomic mass is 32.2. The highest BCUT2D eigenvalue weighted by molar-refractivity contribution is 7.89. The summed E-state index contributed by atoms with van der Waals surface area (Å²) in [6.45, 7) is 6.00. The summed E-state index contributed by atoms with van der Waals surface area (Å²) in [4.78, 5) is 11.8. The lowest BCUT2D eigenvalue weighted by Crippen LogP contribution is -2.30. The maximum atomic E-state index is 12.9. The summed E-state index contributed by atoms with van der Waals surface area (Å²) in [5, 5.41) is 0. The molecule has 26 heavy (non-hydrogen) atoms. The van der Waals surface area contributed by atoms with Gasteiger partial charge < -0.3 is 0 Å². The number of aryl methyl sites for hydroxylation is 1. The molecule has 0 saturated heterocycles. The quantitative estimate of drug-likeness (QED) is 0.843. The van der Waals surface area contributed by atoms with Crippen LogP contribution in [-0.2, 0) is 14.8 Å². The molecule has 1 atom stereocenters. The zero-order chi connectivity index (χ0) is 18.7. The Morgan fingerprint density at radius 1 is 1.04 bits per heavy atom. The van der Waals surface area contributed by atoms with Crippen molar-refractivity contribution in [3.8, 4) is 0 Å². The number of hydrogen-bond acceptors (Lipinski definition) is 3. The molecule has 0 amide bonds. The van der Waals surface area contributed by atoms with Crippen molar-refractivity contribution in [2.24, 2.45) is 0 Å². The van der Waals surface area contributed by atoms with E-state index < -0.39 is 16.1 Å². The maximum absolute atomic E-state index is 12.9. The van der Waals surface area contributed by atoms with Gasteiger partial charge in [0.25, 0.3) is 0 Å². The van der Waals surface area contributed by atoms with Crippen LogP contribution in [0.2, 0.25) is 0 Å². The first kappa shape index (κ1) is 18.3. The number of benzene rings is 2. The van der Waals surface area contributed by atoms with E-state index in [-0.39, 0.29) is 10.7 Å². The normalized spacial score (nSPS) is 15.6. The van der Waals surface area contributed by atoms with Crippen LogP contribution in [0, 0.1) is 6.92 Å². The lowest BCUT2D eigenvalue weighted by molar-refractivity contribution is -0.114. The number of nitrogens with one attached hydrogen (secondary N) is 1. The molecule has 0 fully saturated rings. The van der Waals surface area contributed by atoms with Crippen molar-refractivity contribution >= 4 is 15.8 Å². The molecule has 4 nitrogen and oxygen atoms in total. The largest absolute Gasteiger partial charge is 0.295 e. The van der Waals surface area contributed by atoms with Crippen LogP contribution in [-0.4, -0.2) is 14.2 Å². The second-order valence-corrected chi connectivity index (χ2v) is 8.15. The number of ketones is 1. The van der Waals surface area contributed by atoms with E-state index in [0.717, 1.165) is 16.7 Å². The summed E-state index contributed by atoms with van der Waals surface area (Å²) in [5.41, 5.74) is 3.18. The zero-order valence-electron chi connectivity index (χ0n) is 14.6. The van der Waals surface area contributed by atoms with Gasteiger partial charge in [-0.25, -0.2) is 8.42 Å². The second kappa shape index (κ2) is 7.40. The molecular weight excluding hydrogens is 346 g/mol. The maximum Gasteiger partial charge on any atom is 0.241 e. The first-order valence-electron chi connectivity index (χ1n) is 8.43. The van der Waals surface area contributed by atoms with Gasteiger partial charge in [0.1, 0.15) is 0 Å². The minimum atomic E-state index is -3.74. The van der Waals surface area contributed by atoms with Crippen molar-refractivity contribution in [3.05, 3.63) is 89.5 Å². The van der Waals surface area contributed by atoms with Crippen molar-refractivity contribution in [1.82, 2.24) is 4.72 Å². The van der Waals surface area contributed by atoms with E-state index in [1.54, 1.807) is 30.3 Å². The first-order valence-corrected chi connectivity index (χ1v) is 9.91. The van der Waals surface area contributed by atoms with E-state index in [0.29, 0.717) is 18.4 Å². The Morgan fingerprint density at radius 3 is 2.27 bits per heavy atom. The third-order valence-electron chi connectivity index (χ3n) is 4.47. The summed E-state index contributed by atoms with van der Waals surface area (Å²) in [5.74, 6) is 0.0503. The fraction of sp³-hybridized carbons (Fsp3) is 0.190. The first-order chi connectivity index (χ1) is 12.4. The minimum Gasteiger partial charge on any atom is -0.295 e. The number of carbonyl (C=O) groups excluding carboxylic acids is 1. The van der Waals surface area contributed by atoms with E-state index in [2.05, 4.69) is 11.3 Å². The predicted octanol–water partition coefficient (Wildman–Crippen LogP) is 3.86. The van der Waals surface area contributed by atoms with E-state index in [4.69, 9.17) is 0 Å². The topological polar surface area (TPSA) is 63.2 Å². The van der Waals surface area contributed by atoms with Crippen molar-refractivity contribution < 1.29 is 13.2 Å². The van der Waals surface area contributed by atoms with Gasteiger partial charge in [0.05, 0.1) is 10.9 Å². The molecule has 3 rings (SSSR count). The average molecular weight is 367 g/mol. The Labute approximate surface area is 154 Å². The molecule has 2 aromatic rings. The number of sulfonamides is 1. The lowest BCUT2D eigenvalue weighted by atomic mass is 9.94. The van der Waals surface area contributed by atoms with E-state index >= 15 is 0 Å². The van der Waals surface area contributed by atoms with E-state index in [1.807, 2.05) is 37.3 Å². The van der Waals surface area contributed by atoms with Gasteiger partial charge in [-0.3, -0.25) is 4.79 Å². The summed E-state index contributed by atoms with van der Waals surface area (Å²) >= 11 is 0. The van der Waals surface area contributed by atoms with Gasteiger partial charge in [0.15, 0.2) is 5.78 Å². The van der Waals surface area contributed by atoms with Crippen LogP contribution in [0.5, 0.6) is 0 Å². The SMILES string of the molecule is C=C(C1=CC(=O)CC1)C(NS(=O)(=O)c1ccc(C)cc1)c1ccccc1. The number of rotatable bonds is 6. The molecule has 0 radical (unpaired) electrons. The average Bonchev–Trinajstić information content (AvgIpc) is 3.07. The Morgan fingerprint density at radius 2 is 1.69 bits per heavy atom. The van der Waals surface area contributed by atoms with Crippen LogP contribution in [0.4, 0.5) is 0 Å². The Bertz CT molecular complexity index is 958. The summed E-state index contributed by atoms with van der Waals surface area (Å²) in [7, 11) is -3.74. The van der Waals surface area contributed by atoms with Crippen molar-refractivity contribution in [2.75, 3.05) is 0 Å². The van der Waals surface area contributed by atoms with E-state index in [1.165, 1.54) is 0 Å². The highest BCUT2D eigenvalue weighted by Crippen LogP contribution is 2.32. The number of hydrogen-bond donors (Lipinski definition) is 1. The molecule has 134 valence electrons. The summed E-state index contributed by atoms with van der Waals surface area (Å²) in [6, 6.07) is 15.3. The molecule has 2 aromatic carbocycles. The van der Waals surface area contributed by atoms with Crippen LogP contribution in [0.3, 0.4) is 0 Å². The van der Waals surface area contributed by atoms with Gasteiger partial charge >= 0.3 is 0 Å². The molecule has 0 heterocycles. The van der Waals surface area contributed by atoms with Gasteiger partial charge in [-0.15, -0.1) is 0 Å². The fourth-order valence-electron chi connectivity index (χ4n) is 2.96. The highest BCUT2D eigenvalue weighted by Gasteiger charge is 2.27. The summed E-state index contributed by atoms with van der Waals surface area (Å²) in [6.07, 6.45) is 2.60. The molecule has 0 aliphatic heterocycles. The molecule has 1 N–H and O–H groups in total. The zero-order valence-corrected chi connectivity index (χ0v) is 15.4. The molecule has 0 aromatic heterocycles. The van der Waals surface area contributed by atoms with Gasteiger partial charge in [-0.05, 0) is 48.3 Å². The monoisotopic (exact) mass is 367 g/mol. The summed E-state index contributed by atoms with van der Waals surface area (Å²) < 4.78 is 28.5. The van der Waals surface area contributed by atoms with Gasteiger partial charge in [-0.2, -0.15) is 4.72 Å². The van der Waals surface area contributed by atoms with Crippen LogP contribution >= 0.6 is 0 Å². The van der Waals surface area contributed by atoms with Crippen molar-refractivity contribution in [3.63, 3.8) is 0 Å². The van der Waals surface area contributed by atoms with Crippen LogP contribution in [0.25, 0.3) is 0 Å². The molecule has 1 unspecified atom stereocenters. The third kappa shape index (κ3) is 4.00.